The van der Waals surface area contributed by atoms with Crippen LogP contribution >= 0.6 is 0 Å². The first-order valence-electron chi connectivity index (χ1n) is 5.72. The first kappa shape index (κ1) is 12.5. The molecule has 1 heterocycles. The van der Waals surface area contributed by atoms with Crippen LogP contribution in [-0.2, 0) is 0 Å². The van der Waals surface area contributed by atoms with Gasteiger partial charge in [-0.25, -0.2) is 0 Å². The zero-order valence-corrected chi connectivity index (χ0v) is 10.6. The maximum Gasteiger partial charge on any atom is 0.0638 e. The zero-order valence-electron chi connectivity index (χ0n) is 10.6. The lowest BCUT2D eigenvalue weighted by Gasteiger charge is -2.52. The third-order valence-electron chi connectivity index (χ3n) is 3.15. The monoisotopic (exact) mass is 209 g/mol. The van der Waals surface area contributed by atoms with Crippen molar-refractivity contribution in [2.45, 2.75) is 51.7 Å². The van der Waals surface area contributed by atoms with Crippen LogP contribution in [0.15, 0.2) is 0 Å². The fourth-order valence-electron chi connectivity index (χ4n) is 3.14. The second kappa shape index (κ2) is 4.51. The molecule has 0 amide bonds. The van der Waals surface area contributed by atoms with E-state index in [2.05, 4.69) is 50.6 Å². The number of rotatable bonds is 2. The quantitative estimate of drug-likeness (QED) is 0.693. The van der Waals surface area contributed by atoms with Gasteiger partial charge in [0, 0.05) is 30.7 Å². The maximum absolute atomic E-state index is 8.88. The highest BCUT2D eigenvalue weighted by molar-refractivity contribution is 4.99. The molecule has 0 aromatic carbocycles. The molecule has 1 aliphatic rings. The summed E-state index contributed by atoms with van der Waals surface area (Å²) in [6.07, 6.45) is 0.631. The van der Waals surface area contributed by atoms with E-state index in [9.17, 15) is 0 Å². The summed E-state index contributed by atoms with van der Waals surface area (Å²) in [6, 6.07) is 3.20. The lowest BCUT2D eigenvalue weighted by Crippen LogP contribution is -2.64. The van der Waals surface area contributed by atoms with Crippen molar-refractivity contribution in [2.24, 2.45) is 0 Å². The van der Waals surface area contributed by atoms with Crippen molar-refractivity contribution in [3.8, 4) is 6.07 Å². The summed E-state index contributed by atoms with van der Waals surface area (Å²) < 4.78 is 0. The van der Waals surface area contributed by atoms with Crippen molar-refractivity contribution in [2.75, 3.05) is 20.1 Å². The van der Waals surface area contributed by atoms with E-state index >= 15 is 0 Å². The fourth-order valence-corrected chi connectivity index (χ4v) is 3.14. The van der Waals surface area contributed by atoms with Gasteiger partial charge >= 0.3 is 0 Å². The van der Waals surface area contributed by atoms with Gasteiger partial charge in [0.25, 0.3) is 0 Å². The van der Waals surface area contributed by atoms with Crippen LogP contribution in [0.2, 0.25) is 0 Å². The maximum atomic E-state index is 8.88. The van der Waals surface area contributed by atoms with E-state index in [1.807, 2.05) is 0 Å². The van der Waals surface area contributed by atoms with Gasteiger partial charge in [0.05, 0.1) is 12.5 Å². The van der Waals surface area contributed by atoms with Gasteiger partial charge in [-0.05, 0) is 34.7 Å². The molecule has 1 saturated heterocycles. The van der Waals surface area contributed by atoms with Gasteiger partial charge in [-0.3, -0.25) is 4.90 Å². The highest BCUT2D eigenvalue weighted by atomic mass is 15.3. The summed E-state index contributed by atoms with van der Waals surface area (Å²) in [4.78, 5) is 4.83. The van der Waals surface area contributed by atoms with Crippen LogP contribution in [0.25, 0.3) is 0 Å². The Morgan fingerprint density at radius 3 is 2.53 bits per heavy atom. The van der Waals surface area contributed by atoms with Crippen LogP contribution in [0.3, 0.4) is 0 Å². The standard InChI is InChI=1S/C12H23N3/c1-10(2)15-11(6-7-13)8-14(5)9-12(15,3)4/h10-11H,6,8-9H2,1-5H3. The summed E-state index contributed by atoms with van der Waals surface area (Å²) in [5.41, 5.74) is 0.169. The Morgan fingerprint density at radius 2 is 2.07 bits per heavy atom. The topological polar surface area (TPSA) is 30.3 Å². The van der Waals surface area contributed by atoms with E-state index in [-0.39, 0.29) is 5.54 Å². The molecule has 3 heteroatoms. The lowest BCUT2D eigenvalue weighted by atomic mass is 9.92. The Morgan fingerprint density at radius 1 is 1.47 bits per heavy atom. The number of likely N-dealkylation sites (N-methyl/N-ethyl adjacent to an activating group) is 1. The molecule has 1 unspecified atom stereocenters. The van der Waals surface area contributed by atoms with Gasteiger partial charge in [0.2, 0.25) is 0 Å². The second-order valence-corrected chi connectivity index (χ2v) is 5.53. The molecule has 0 aromatic heterocycles. The molecule has 1 rings (SSSR count). The normalized spacial score (nSPS) is 27.9. The molecule has 0 bridgehead atoms. The molecule has 1 atom stereocenters. The van der Waals surface area contributed by atoms with E-state index in [4.69, 9.17) is 5.26 Å². The molecule has 0 saturated carbocycles. The Bertz CT molecular complexity index is 252. The minimum absolute atomic E-state index is 0.169. The summed E-state index contributed by atoms with van der Waals surface area (Å²) in [5, 5.41) is 8.88. The Kier molecular flexibility index (Phi) is 3.75. The predicted molar refractivity (Wildman–Crippen MR) is 62.6 cm³/mol. The van der Waals surface area contributed by atoms with Gasteiger partial charge < -0.3 is 4.90 Å². The third-order valence-corrected chi connectivity index (χ3v) is 3.15. The van der Waals surface area contributed by atoms with Gasteiger partial charge in [-0.15, -0.1) is 0 Å². The highest BCUT2D eigenvalue weighted by Crippen LogP contribution is 2.28. The molecule has 3 nitrogen and oxygen atoms in total. The number of hydrogen-bond donors (Lipinski definition) is 0. The molecule has 0 spiro atoms. The summed E-state index contributed by atoms with van der Waals surface area (Å²) in [6.45, 7) is 11.1. The fraction of sp³-hybridized carbons (Fsp3) is 0.917. The first-order chi connectivity index (χ1) is 6.88. The average Bonchev–Trinajstić information content (AvgIpc) is 1.99. The number of nitriles is 1. The Hall–Kier alpha value is -0.590. The van der Waals surface area contributed by atoms with E-state index in [0.29, 0.717) is 18.5 Å². The molecule has 86 valence electrons. The average molecular weight is 209 g/mol. The van der Waals surface area contributed by atoms with E-state index < -0.39 is 0 Å². The molecule has 0 aliphatic carbocycles. The molecule has 15 heavy (non-hydrogen) atoms. The van der Waals surface area contributed by atoms with Crippen molar-refractivity contribution in [3.05, 3.63) is 0 Å². The summed E-state index contributed by atoms with van der Waals surface area (Å²) >= 11 is 0. The van der Waals surface area contributed by atoms with Crippen LogP contribution in [0.4, 0.5) is 0 Å². The lowest BCUT2D eigenvalue weighted by molar-refractivity contribution is -0.0355. The molecule has 0 radical (unpaired) electrons. The molecular formula is C12H23N3. The largest absolute Gasteiger partial charge is 0.303 e. The number of piperazine rings is 1. The van der Waals surface area contributed by atoms with Crippen molar-refractivity contribution in [3.63, 3.8) is 0 Å². The van der Waals surface area contributed by atoms with Gasteiger partial charge in [-0.2, -0.15) is 5.26 Å². The highest BCUT2D eigenvalue weighted by Gasteiger charge is 2.39. The van der Waals surface area contributed by atoms with Crippen LogP contribution in [0.1, 0.15) is 34.1 Å². The SMILES string of the molecule is CC(C)N1C(CC#N)CN(C)CC1(C)C. The smallest absolute Gasteiger partial charge is 0.0638 e. The third kappa shape index (κ3) is 2.70. The minimum Gasteiger partial charge on any atom is -0.303 e. The second-order valence-electron chi connectivity index (χ2n) is 5.53. The van der Waals surface area contributed by atoms with Crippen molar-refractivity contribution >= 4 is 0 Å². The van der Waals surface area contributed by atoms with Gasteiger partial charge in [0.15, 0.2) is 0 Å². The predicted octanol–water partition coefficient (Wildman–Crippen LogP) is 1.70. The molecule has 0 aromatic rings. The van der Waals surface area contributed by atoms with E-state index in [0.717, 1.165) is 13.1 Å². The van der Waals surface area contributed by atoms with Crippen molar-refractivity contribution in [1.29, 1.82) is 5.26 Å². The van der Waals surface area contributed by atoms with Crippen LogP contribution in [0, 0.1) is 11.3 Å². The Labute approximate surface area is 93.7 Å². The van der Waals surface area contributed by atoms with E-state index in [1.54, 1.807) is 0 Å². The van der Waals surface area contributed by atoms with Crippen LogP contribution in [-0.4, -0.2) is 47.6 Å². The molecule has 1 aliphatic heterocycles. The van der Waals surface area contributed by atoms with E-state index in [1.165, 1.54) is 0 Å². The molecule has 1 fully saturated rings. The Balaban J connectivity index is 2.88. The minimum atomic E-state index is 0.169. The molecular weight excluding hydrogens is 186 g/mol. The van der Waals surface area contributed by atoms with Gasteiger partial charge in [0.1, 0.15) is 0 Å². The van der Waals surface area contributed by atoms with Crippen LogP contribution in [0.5, 0.6) is 0 Å². The summed E-state index contributed by atoms with van der Waals surface area (Å²) in [7, 11) is 2.14. The molecule has 0 N–H and O–H groups in total. The van der Waals surface area contributed by atoms with Crippen molar-refractivity contribution in [1.82, 2.24) is 9.80 Å². The van der Waals surface area contributed by atoms with Gasteiger partial charge in [-0.1, -0.05) is 0 Å². The zero-order chi connectivity index (χ0) is 11.6. The van der Waals surface area contributed by atoms with Crippen LogP contribution < -0.4 is 0 Å². The van der Waals surface area contributed by atoms with Crippen molar-refractivity contribution < 1.29 is 0 Å². The summed E-state index contributed by atoms with van der Waals surface area (Å²) in [5.74, 6) is 0. The number of nitrogens with zero attached hydrogens (tertiary/aromatic N) is 3. The first-order valence-corrected chi connectivity index (χ1v) is 5.72. The number of hydrogen-bond acceptors (Lipinski definition) is 3.